The standard InChI is InChI=1S/C13H18BrFN2O2S/c1-8-4-3-5-9(2)17(8)20(18,19)13-6-10(14)11(15)7-12(13)16/h6-9H,3-5,16H2,1-2H3/t8-,9+. The molecule has 0 unspecified atom stereocenters. The number of anilines is 1. The summed E-state index contributed by atoms with van der Waals surface area (Å²) in [6, 6.07) is 2.13. The number of piperidine rings is 1. The van der Waals surface area contributed by atoms with Gasteiger partial charge < -0.3 is 5.73 Å². The molecule has 4 nitrogen and oxygen atoms in total. The van der Waals surface area contributed by atoms with E-state index in [-0.39, 0.29) is 27.1 Å². The Hall–Kier alpha value is -0.660. The van der Waals surface area contributed by atoms with Crippen LogP contribution in [-0.4, -0.2) is 24.8 Å². The molecule has 0 bridgehead atoms. The molecule has 2 N–H and O–H groups in total. The highest BCUT2D eigenvalue weighted by molar-refractivity contribution is 9.10. The minimum Gasteiger partial charge on any atom is -0.398 e. The minimum atomic E-state index is -3.72. The van der Waals surface area contributed by atoms with Crippen LogP contribution in [0.25, 0.3) is 0 Å². The maximum atomic E-state index is 13.4. The predicted molar refractivity (Wildman–Crippen MR) is 80.3 cm³/mol. The van der Waals surface area contributed by atoms with Gasteiger partial charge >= 0.3 is 0 Å². The van der Waals surface area contributed by atoms with Gasteiger partial charge in [0.25, 0.3) is 0 Å². The van der Waals surface area contributed by atoms with Gasteiger partial charge in [-0.1, -0.05) is 6.42 Å². The molecule has 2 atom stereocenters. The van der Waals surface area contributed by atoms with Crippen LogP contribution >= 0.6 is 15.9 Å². The number of nitrogens with two attached hydrogens (primary N) is 1. The molecule has 2 rings (SSSR count). The summed E-state index contributed by atoms with van der Waals surface area (Å²) in [5.74, 6) is -0.568. The molecular weight excluding hydrogens is 347 g/mol. The summed E-state index contributed by atoms with van der Waals surface area (Å²) >= 11 is 3.01. The van der Waals surface area contributed by atoms with Gasteiger partial charge in [-0.05, 0) is 54.8 Å². The van der Waals surface area contributed by atoms with E-state index in [1.165, 1.54) is 10.4 Å². The van der Waals surface area contributed by atoms with E-state index < -0.39 is 15.8 Å². The Morgan fingerprint density at radius 1 is 1.30 bits per heavy atom. The molecule has 20 heavy (non-hydrogen) atoms. The van der Waals surface area contributed by atoms with Gasteiger partial charge in [0.15, 0.2) is 0 Å². The number of nitrogen functional groups attached to an aromatic ring is 1. The maximum Gasteiger partial charge on any atom is 0.245 e. The molecule has 1 saturated heterocycles. The second kappa shape index (κ2) is 5.61. The van der Waals surface area contributed by atoms with Gasteiger partial charge in [0.2, 0.25) is 10.0 Å². The van der Waals surface area contributed by atoms with Crippen molar-refractivity contribution in [1.82, 2.24) is 4.31 Å². The van der Waals surface area contributed by atoms with Crippen LogP contribution in [0, 0.1) is 5.82 Å². The summed E-state index contributed by atoms with van der Waals surface area (Å²) in [4.78, 5) is -0.0358. The Labute approximate surface area is 127 Å². The van der Waals surface area contributed by atoms with Crippen molar-refractivity contribution >= 4 is 31.6 Å². The number of sulfonamides is 1. The van der Waals surface area contributed by atoms with Gasteiger partial charge in [-0.15, -0.1) is 0 Å². The fourth-order valence-corrected chi connectivity index (χ4v) is 5.26. The van der Waals surface area contributed by atoms with E-state index in [2.05, 4.69) is 15.9 Å². The number of halogens is 2. The predicted octanol–water partition coefficient (Wildman–Crippen LogP) is 3.12. The van der Waals surface area contributed by atoms with Crippen molar-refractivity contribution < 1.29 is 12.8 Å². The Morgan fingerprint density at radius 3 is 2.40 bits per heavy atom. The van der Waals surface area contributed by atoms with Crippen LogP contribution in [0.3, 0.4) is 0 Å². The minimum absolute atomic E-state index is 0.0358. The lowest BCUT2D eigenvalue weighted by Crippen LogP contribution is -2.47. The van der Waals surface area contributed by atoms with Crippen LogP contribution in [0.4, 0.5) is 10.1 Å². The van der Waals surface area contributed by atoms with E-state index in [0.29, 0.717) is 0 Å². The first kappa shape index (κ1) is 15.7. The maximum absolute atomic E-state index is 13.4. The van der Waals surface area contributed by atoms with Crippen molar-refractivity contribution in [2.24, 2.45) is 0 Å². The van der Waals surface area contributed by atoms with Gasteiger partial charge in [-0.2, -0.15) is 4.31 Å². The Balaban J connectivity index is 2.52. The molecule has 1 aromatic rings. The first-order valence-corrected chi connectivity index (χ1v) is 8.76. The van der Waals surface area contributed by atoms with E-state index in [4.69, 9.17) is 5.73 Å². The van der Waals surface area contributed by atoms with Gasteiger partial charge in [0, 0.05) is 12.1 Å². The van der Waals surface area contributed by atoms with Crippen molar-refractivity contribution in [2.45, 2.75) is 50.1 Å². The third kappa shape index (κ3) is 2.71. The fraction of sp³-hybridized carbons (Fsp3) is 0.538. The highest BCUT2D eigenvalue weighted by Gasteiger charge is 2.36. The molecule has 0 spiro atoms. The molecule has 112 valence electrons. The summed E-state index contributed by atoms with van der Waals surface area (Å²) in [6.45, 7) is 3.78. The molecule has 0 aliphatic carbocycles. The number of benzene rings is 1. The van der Waals surface area contributed by atoms with Gasteiger partial charge in [-0.3, -0.25) is 0 Å². The average Bonchev–Trinajstić information content (AvgIpc) is 2.33. The molecule has 0 aromatic heterocycles. The summed E-state index contributed by atoms with van der Waals surface area (Å²) < 4.78 is 40.6. The topological polar surface area (TPSA) is 63.4 Å². The van der Waals surface area contributed by atoms with Gasteiger partial charge in [-0.25, -0.2) is 12.8 Å². The zero-order valence-electron chi connectivity index (χ0n) is 11.4. The Bertz CT molecular complexity index is 611. The van der Waals surface area contributed by atoms with E-state index in [0.717, 1.165) is 25.3 Å². The monoisotopic (exact) mass is 364 g/mol. The third-order valence-corrected chi connectivity index (χ3v) is 6.51. The molecule has 0 amide bonds. The first-order valence-electron chi connectivity index (χ1n) is 6.53. The van der Waals surface area contributed by atoms with Crippen LogP contribution in [0.5, 0.6) is 0 Å². The molecule has 7 heteroatoms. The zero-order valence-corrected chi connectivity index (χ0v) is 13.8. The van der Waals surface area contributed by atoms with Crippen LogP contribution in [0.1, 0.15) is 33.1 Å². The molecule has 0 saturated carbocycles. The molecule has 1 aliphatic rings. The number of hydrogen-bond acceptors (Lipinski definition) is 3. The lowest BCUT2D eigenvalue weighted by atomic mass is 10.0. The summed E-state index contributed by atoms with van der Waals surface area (Å²) in [5, 5.41) is 0. The number of nitrogens with zero attached hydrogens (tertiary/aromatic N) is 1. The molecule has 1 fully saturated rings. The van der Waals surface area contributed by atoms with Crippen molar-refractivity contribution in [3.8, 4) is 0 Å². The van der Waals surface area contributed by atoms with Crippen LogP contribution in [0.2, 0.25) is 0 Å². The highest BCUT2D eigenvalue weighted by Crippen LogP contribution is 2.33. The summed E-state index contributed by atoms with van der Waals surface area (Å²) in [7, 11) is -3.72. The van der Waals surface area contributed by atoms with Crippen molar-refractivity contribution in [3.63, 3.8) is 0 Å². The Morgan fingerprint density at radius 2 is 1.85 bits per heavy atom. The van der Waals surface area contributed by atoms with Crippen molar-refractivity contribution in [3.05, 3.63) is 22.4 Å². The van der Waals surface area contributed by atoms with E-state index in [9.17, 15) is 12.8 Å². The van der Waals surface area contributed by atoms with E-state index >= 15 is 0 Å². The third-order valence-electron chi connectivity index (χ3n) is 3.72. The van der Waals surface area contributed by atoms with Gasteiger partial charge in [0.1, 0.15) is 10.7 Å². The molecule has 1 aliphatic heterocycles. The number of rotatable bonds is 2. The van der Waals surface area contributed by atoms with Crippen LogP contribution < -0.4 is 5.73 Å². The quantitative estimate of drug-likeness (QED) is 0.819. The van der Waals surface area contributed by atoms with Crippen molar-refractivity contribution in [2.75, 3.05) is 5.73 Å². The Kier molecular flexibility index (Phi) is 4.41. The fourth-order valence-electron chi connectivity index (χ4n) is 2.75. The van der Waals surface area contributed by atoms with E-state index in [1.54, 1.807) is 0 Å². The molecule has 0 radical (unpaired) electrons. The molecular formula is C13H18BrFN2O2S. The lowest BCUT2D eigenvalue weighted by molar-refractivity contribution is 0.204. The van der Waals surface area contributed by atoms with E-state index in [1.807, 2.05) is 13.8 Å². The summed E-state index contributed by atoms with van der Waals surface area (Å²) in [5.41, 5.74) is 5.65. The van der Waals surface area contributed by atoms with Crippen LogP contribution in [-0.2, 0) is 10.0 Å². The molecule has 1 aromatic carbocycles. The average molecular weight is 365 g/mol. The van der Waals surface area contributed by atoms with Crippen LogP contribution in [0.15, 0.2) is 21.5 Å². The SMILES string of the molecule is C[C@@H]1CCC[C@H](C)N1S(=O)(=O)c1cc(Br)c(F)cc1N. The first-order chi connectivity index (χ1) is 9.25. The van der Waals surface area contributed by atoms with Crippen molar-refractivity contribution in [1.29, 1.82) is 0 Å². The normalized spacial score (nSPS) is 24.8. The smallest absolute Gasteiger partial charge is 0.245 e. The molecule has 1 heterocycles. The zero-order chi connectivity index (χ0) is 15.1. The highest BCUT2D eigenvalue weighted by atomic mass is 79.9. The summed E-state index contributed by atoms with van der Waals surface area (Å²) in [6.07, 6.45) is 2.66. The largest absolute Gasteiger partial charge is 0.398 e. The lowest BCUT2D eigenvalue weighted by Gasteiger charge is -2.37. The van der Waals surface area contributed by atoms with Gasteiger partial charge in [0.05, 0.1) is 10.2 Å². The second-order valence-electron chi connectivity index (χ2n) is 5.27. The second-order valence-corrected chi connectivity index (χ2v) is 7.93. The number of hydrogen-bond donors (Lipinski definition) is 1.